The van der Waals surface area contributed by atoms with Gasteiger partial charge in [-0.25, -0.2) is 4.79 Å². The summed E-state index contributed by atoms with van der Waals surface area (Å²) in [4.78, 5) is 28.9. The number of aromatic nitrogens is 3. The quantitative estimate of drug-likeness (QED) is 0.882. The van der Waals surface area contributed by atoms with E-state index >= 15 is 0 Å². The number of pyridine rings is 1. The minimum Gasteiger partial charge on any atom is -0.295 e. The van der Waals surface area contributed by atoms with Gasteiger partial charge in [-0.2, -0.15) is 0 Å². The van der Waals surface area contributed by atoms with Crippen molar-refractivity contribution in [3.63, 3.8) is 0 Å². The average molecular weight is 361 g/mol. The number of rotatable bonds is 2. The molecule has 0 aliphatic rings. The van der Waals surface area contributed by atoms with Gasteiger partial charge in [0.05, 0.1) is 11.0 Å². The summed E-state index contributed by atoms with van der Waals surface area (Å²) >= 11 is 6.38. The highest BCUT2D eigenvalue weighted by atomic mass is 79.9. The van der Waals surface area contributed by atoms with Crippen LogP contribution in [-0.4, -0.2) is 14.5 Å². The summed E-state index contributed by atoms with van der Waals surface area (Å²) in [5, 5.41) is 0. The molecule has 88 valence electrons. The van der Waals surface area contributed by atoms with E-state index in [-0.39, 0.29) is 0 Å². The molecule has 0 aromatic carbocycles. The van der Waals surface area contributed by atoms with Crippen LogP contribution in [0.2, 0.25) is 0 Å². The number of aromatic amines is 1. The van der Waals surface area contributed by atoms with E-state index in [0.29, 0.717) is 11.0 Å². The van der Waals surface area contributed by atoms with Crippen LogP contribution >= 0.6 is 31.9 Å². The number of H-pyrrole nitrogens is 1. The highest BCUT2D eigenvalue weighted by Crippen LogP contribution is 2.10. The molecule has 0 saturated carbocycles. The van der Waals surface area contributed by atoms with Crippen LogP contribution < -0.4 is 11.2 Å². The van der Waals surface area contributed by atoms with Gasteiger partial charge in [-0.05, 0) is 43.5 Å². The lowest BCUT2D eigenvalue weighted by atomic mass is 10.3. The van der Waals surface area contributed by atoms with E-state index in [1.54, 1.807) is 12.4 Å². The molecular formula is C10H7Br2N3O2. The predicted molar refractivity (Wildman–Crippen MR) is 70.1 cm³/mol. The van der Waals surface area contributed by atoms with Gasteiger partial charge in [-0.15, -0.1) is 0 Å². The summed E-state index contributed by atoms with van der Waals surface area (Å²) in [6.45, 7) is 0.348. The Morgan fingerprint density at radius 3 is 2.76 bits per heavy atom. The van der Waals surface area contributed by atoms with Crippen LogP contribution in [0, 0.1) is 0 Å². The Balaban J connectivity index is 2.40. The number of halogens is 2. The minimum absolute atomic E-state index is 0.319. The van der Waals surface area contributed by atoms with Gasteiger partial charge in [0, 0.05) is 23.1 Å². The van der Waals surface area contributed by atoms with Crippen molar-refractivity contribution in [2.75, 3.05) is 0 Å². The van der Waals surface area contributed by atoms with Crippen molar-refractivity contribution in [2.45, 2.75) is 6.54 Å². The predicted octanol–water partition coefficient (Wildman–Crippen LogP) is 1.50. The average Bonchev–Trinajstić information content (AvgIpc) is 2.26. The SMILES string of the molecule is O=c1[nH]c(=O)n(Cc2cncc(Br)c2)cc1Br. The number of hydrogen-bond donors (Lipinski definition) is 1. The van der Waals surface area contributed by atoms with E-state index in [1.165, 1.54) is 10.8 Å². The standard InChI is InChI=1S/C10H7Br2N3O2/c11-7-1-6(2-13-3-7)4-15-5-8(12)9(16)14-10(15)17/h1-3,5H,4H2,(H,14,16,17). The van der Waals surface area contributed by atoms with E-state index in [4.69, 9.17) is 0 Å². The molecule has 0 radical (unpaired) electrons. The Bertz CT molecular complexity index is 663. The van der Waals surface area contributed by atoms with Crippen LogP contribution in [-0.2, 0) is 6.54 Å². The topological polar surface area (TPSA) is 67.8 Å². The summed E-state index contributed by atoms with van der Waals surface area (Å²) in [6.07, 6.45) is 4.79. The lowest BCUT2D eigenvalue weighted by Crippen LogP contribution is -2.30. The summed E-state index contributed by atoms with van der Waals surface area (Å²) in [5.41, 5.74) is -0.0165. The molecule has 0 saturated heterocycles. The van der Waals surface area contributed by atoms with Gasteiger partial charge in [0.15, 0.2) is 0 Å². The molecule has 2 aromatic rings. The van der Waals surface area contributed by atoms with Gasteiger partial charge in [0.25, 0.3) is 5.56 Å². The Kier molecular flexibility index (Phi) is 3.58. The zero-order valence-electron chi connectivity index (χ0n) is 8.48. The maximum absolute atomic E-state index is 11.5. The van der Waals surface area contributed by atoms with Crippen LogP contribution in [0.5, 0.6) is 0 Å². The van der Waals surface area contributed by atoms with Crippen molar-refractivity contribution in [1.82, 2.24) is 14.5 Å². The van der Waals surface area contributed by atoms with E-state index in [1.807, 2.05) is 6.07 Å². The summed E-state index contributed by atoms with van der Waals surface area (Å²) in [6, 6.07) is 1.86. The fraction of sp³-hybridized carbons (Fsp3) is 0.100. The Hall–Kier alpha value is -1.21. The van der Waals surface area contributed by atoms with Crippen LogP contribution in [0.1, 0.15) is 5.56 Å². The van der Waals surface area contributed by atoms with Crippen LogP contribution in [0.25, 0.3) is 0 Å². The molecule has 0 fully saturated rings. The van der Waals surface area contributed by atoms with Crippen LogP contribution in [0.4, 0.5) is 0 Å². The molecule has 5 nitrogen and oxygen atoms in total. The molecule has 0 amide bonds. The molecule has 0 bridgehead atoms. The summed E-state index contributed by atoms with van der Waals surface area (Å²) < 4.78 is 2.56. The Morgan fingerprint density at radius 1 is 1.29 bits per heavy atom. The van der Waals surface area contributed by atoms with E-state index < -0.39 is 11.2 Å². The van der Waals surface area contributed by atoms with Gasteiger partial charge in [-0.3, -0.25) is 19.3 Å². The molecule has 2 rings (SSSR count). The van der Waals surface area contributed by atoms with E-state index in [2.05, 4.69) is 41.8 Å². The van der Waals surface area contributed by atoms with Crippen molar-refractivity contribution in [3.8, 4) is 0 Å². The second-order valence-corrected chi connectivity index (χ2v) is 5.15. The number of nitrogens with one attached hydrogen (secondary N) is 1. The lowest BCUT2D eigenvalue weighted by molar-refractivity contribution is 0.713. The van der Waals surface area contributed by atoms with Gasteiger partial charge in [0.2, 0.25) is 0 Å². The number of hydrogen-bond acceptors (Lipinski definition) is 3. The van der Waals surface area contributed by atoms with Crippen LogP contribution in [0.3, 0.4) is 0 Å². The highest BCUT2D eigenvalue weighted by Gasteiger charge is 2.03. The van der Waals surface area contributed by atoms with Gasteiger partial charge >= 0.3 is 5.69 Å². The van der Waals surface area contributed by atoms with Crippen LogP contribution in [0.15, 0.2) is 43.2 Å². The lowest BCUT2D eigenvalue weighted by Gasteiger charge is -2.05. The maximum Gasteiger partial charge on any atom is 0.328 e. The second-order valence-electron chi connectivity index (χ2n) is 3.38. The largest absolute Gasteiger partial charge is 0.328 e. The summed E-state index contributed by atoms with van der Waals surface area (Å²) in [7, 11) is 0. The second kappa shape index (κ2) is 4.97. The third-order valence-corrected chi connectivity index (χ3v) is 3.08. The fourth-order valence-corrected chi connectivity index (χ4v) is 2.10. The zero-order valence-corrected chi connectivity index (χ0v) is 11.7. The molecule has 1 N–H and O–H groups in total. The minimum atomic E-state index is -0.446. The first-order valence-corrected chi connectivity index (χ1v) is 6.23. The molecule has 7 heteroatoms. The smallest absolute Gasteiger partial charge is 0.295 e. The van der Waals surface area contributed by atoms with Gasteiger partial charge in [0.1, 0.15) is 0 Å². The third kappa shape index (κ3) is 2.92. The first kappa shape index (κ1) is 12.3. The third-order valence-electron chi connectivity index (χ3n) is 2.08. The Labute approximate surface area is 113 Å². The first-order chi connectivity index (χ1) is 8.06. The molecule has 0 unspecified atom stereocenters. The molecule has 0 aliphatic heterocycles. The fourth-order valence-electron chi connectivity index (χ4n) is 1.34. The Morgan fingerprint density at radius 2 is 2.06 bits per heavy atom. The molecule has 17 heavy (non-hydrogen) atoms. The normalized spacial score (nSPS) is 10.5. The van der Waals surface area contributed by atoms with E-state index in [0.717, 1.165) is 10.0 Å². The summed E-state index contributed by atoms with van der Waals surface area (Å²) in [5.74, 6) is 0. The van der Waals surface area contributed by atoms with E-state index in [9.17, 15) is 9.59 Å². The first-order valence-electron chi connectivity index (χ1n) is 4.65. The molecule has 0 atom stereocenters. The van der Waals surface area contributed by atoms with Gasteiger partial charge in [-0.1, -0.05) is 0 Å². The van der Waals surface area contributed by atoms with Crippen molar-refractivity contribution in [1.29, 1.82) is 0 Å². The number of nitrogens with zero attached hydrogens (tertiary/aromatic N) is 2. The maximum atomic E-state index is 11.5. The van der Waals surface area contributed by atoms with Crippen molar-refractivity contribution >= 4 is 31.9 Å². The molecule has 0 aliphatic carbocycles. The highest BCUT2D eigenvalue weighted by molar-refractivity contribution is 9.10. The van der Waals surface area contributed by atoms with Crippen molar-refractivity contribution in [3.05, 3.63) is 60.0 Å². The molecular weight excluding hydrogens is 354 g/mol. The van der Waals surface area contributed by atoms with Crippen molar-refractivity contribution in [2.24, 2.45) is 0 Å². The zero-order chi connectivity index (χ0) is 12.4. The molecule has 0 spiro atoms. The molecule has 2 heterocycles. The van der Waals surface area contributed by atoms with Crippen molar-refractivity contribution < 1.29 is 0 Å². The monoisotopic (exact) mass is 359 g/mol. The van der Waals surface area contributed by atoms with Gasteiger partial charge < -0.3 is 0 Å². The molecule has 2 aromatic heterocycles.